The quantitative estimate of drug-likeness (QED) is 0.832. The number of likely N-dealkylation sites (N-methyl/N-ethyl adjacent to an activating group) is 1. The summed E-state index contributed by atoms with van der Waals surface area (Å²) in [5.74, 6) is 0.970. The Hall–Kier alpha value is -1.13. The second kappa shape index (κ2) is 7.60. The van der Waals surface area contributed by atoms with Crippen molar-refractivity contribution in [3.05, 3.63) is 23.4 Å². The van der Waals surface area contributed by atoms with Crippen LogP contribution in [0.15, 0.2) is 12.1 Å². The van der Waals surface area contributed by atoms with Crippen molar-refractivity contribution in [3.8, 4) is 0 Å². The topological polar surface area (TPSA) is 45.6 Å². The third kappa shape index (κ3) is 3.93. The zero-order valence-electron chi connectivity index (χ0n) is 12.6. The van der Waals surface area contributed by atoms with Crippen molar-refractivity contribution in [1.29, 1.82) is 0 Å². The number of pyridine rings is 1. The van der Waals surface area contributed by atoms with Crippen molar-refractivity contribution < 1.29 is 9.84 Å². The third-order valence-corrected chi connectivity index (χ3v) is 3.77. The van der Waals surface area contributed by atoms with Gasteiger partial charge in [-0.05, 0) is 43.9 Å². The average Bonchev–Trinajstić information content (AvgIpc) is 2.97. The van der Waals surface area contributed by atoms with Crippen LogP contribution in [0.2, 0.25) is 0 Å². The Balaban J connectivity index is 2.15. The molecule has 0 spiro atoms. The number of rotatable bonds is 7. The molecule has 1 aliphatic rings. The highest BCUT2D eigenvalue weighted by Crippen LogP contribution is 2.20. The smallest absolute Gasteiger partial charge is 0.129 e. The summed E-state index contributed by atoms with van der Waals surface area (Å²) in [6, 6.07) is 4.00. The first-order valence-electron chi connectivity index (χ1n) is 7.74. The molecular weight excluding hydrogens is 252 g/mol. The molecular formula is C16H26N2O2. The van der Waals surface area contributed by atoms with Crippen LogP contribution in [-0.4, -0.2) is 35.9 Å². The minimum Gasteiger partial charge on any atom is -0.392 e. The highest BCUT2D eigenvalue weighted by atomic mass is 16.5. The van der Waals surface area contributed by atoms with E-state index in [1.807, 2.05) is 12.1 Å². The number of aromatic nitrogens is 1. The Bertz CT molecular complexity index is 417. The lowest BCUT2D eigenvalue weighted by molar-refractivity contribution is 0.115. The lowest BCUT2D eigenvalue weighted by atomic mass is 10.1. The van der Waals surface area contributed by atoms with Gasteiger partial charge in [-0.25, -0.2) is 4.98 Å². The molecule has 1 aromatic rings. The van der Waals surface area contributed by atoms with Crippen molar-refractivity contribution >= 4 is 5.82 Å². The van der Waals surface area contributed by atoms with Gasteiger partial charge in [-0.15, -0.1) is 0 Å². The first kappa shape index (κ1) is 15.3. The van der Waals surface area contributed by atoms with E-state index in [9.17, 15) is 5.11 Å². The molecule has 0 aromatic carbocycles. The lowest BCUT2D eigenvalue weighted by Gasteiger charge is -2.26. The third-order valence-electron chi connectivity index (χ3n) is 3.77. The summed E-state index contributed by atoms with van der Waals surface area (Å²) in [4.78, 5) is 7.00. The van der Waals surface area contributed by atoms with Crippen molar-refractivity contribution in [3.63, 3.8) is 0 Å². The normalized spacial score (nSPS) is 18.4. The van der Waals surface area contributed by atoms with Gasteiger partial charge in [0.05, 0.1) is 12.7 Å². The number of aliphatic hydroxyl groups is 1. The maximum absolute atomic E-state index is 9.42. The Kier molecular flexibility index (Phi) is 5.80. The number of hydrogen-bond donors (Lipinski definition) is 1. The van der Waals surface area contributed by atoms with Crippen molar-refractivity contribution in [2.45, 2.75) is 52.2 Å². The zero-order valence-corrected chi connectivity index (χ0v) is 12.6. The minimum atomic E-state index is 0.0731. The molecule has 4 heteroatoms. The summed E-state index contributed by atoms with van der Waals surface area (Å²) >= 11 is 0. The molecule has 2 heterocycles. The zero-order chi connectivity index (χ0) is 14.4. The SMILES string of the molecule is CCCc1cc(CO)cc(N(CC)CC2CCCO2)n1. The van der Waals surface area contributed by atoms with E-state index in [4.69, 9.17) is 9.72 Å². The van der Waals surface area contributed by atoms with Crippen LogP contribution in [0.4, 0.5) is 5.82 Å². The van der Waals surface area contributed by atoms with E-state index < -0.39 is 0 Å². The van der Waals surface area contributed by atoms with Crippen LogP contribution in [0.3, 0.4) is 0 Å². The van der Waals surface area contributed by atoms with E-state index in [-0.39, 0.29) is 6.61 Å². The van der Waals surface area contributed by atoms with Gasteiger partial charge in [0.15, 0.2) is 0 Å². The second-order valence-corrected chi connectivity index (χ2v) is 5.41. The Labute approximate surface area is 121 Å². The predicted octanol–water partition coefficient (Wildman–Crippen LogP) is 2.53. The molecule has 0 amide bonds. The van der Waals surface area contributed by atoms with Crippen LogP contribution in [-0.2, 0) is 17.8 Å². The number of anilines is 1. The summed E-state index contributed by atoms with van der Waals surface area (Å²) in [6.45, 7) is 7.05. The van der Waals surface area contributed by atoms with Gasteiger partial charge in [0, 0.05) is 25.4 Å². The Morgan fingerprint density at radius 2 is 2.25 bits per heavy atom. The van der Waals surface area contributed by atoms with Crippen LogP contribution >= 0.6 is 0 Å². The molecule has 1 N–H and O–H groups in total. The first-order chi connectivity index (χ1) is 9.76. The molecule has 0 radical (unpaired) electrons. The summed E-state index contributed by atoms with van der Waals surface area (Å²) < 4.78 is 5.72. The van der Waals surface area contributed by atoms with E-state index in [1.165, 1.54) is 0 Å². The molecule has 1 aromatic heterocycles. The van der Waals surface area contributed by atoms with Gasteiger partial charge in [0.1, 0.15) is 5.82 Å². The molecule has 1 atom stereocenters. The Morgan fingerprint density at radius 3 is 2.85 bits per heavy atom. The number of aliphatic hydroxyl groups excluding tert-OH is 1. The van der Waals surface area contributed by atoms with Gasteiger partial charge < -0.3 is 14.7 Å². The van der Waals surface area contributed by atoms with Crippen molar-refractivity contribution in [2.24, 2.45) is 0 Å². The van der Waals surface area contributed by atoms with Crippen LogP contribution in [0, 0.1) is 0 Å². The van der Waals surface area contributed by atoms with Gasteiger partial charge in [-0.3, -0.25) is 0 Å². The monoisotopic (exact) mass is 278 g/mol. The first-order valence-corrected chi connectivity index (χ1v) is 7.74. The van der Waals surface area contributed by atoms with Crippen molar-refractivity contribution in [1.82, 2.24) is 4.98 Å². The van der Waals surface area contributed by atoms with Gasteiger partial charge in [-0.1, -0.05) is 13.3 Å². The standard InChI is InChI=1S/C16H26N2O2/c1-3-6-14-9-13(12-19)10-16(17-14)18(4-2)11-15-7-5-8-20-15/h9-10,15,19H,3-8,11-12H2,1-2H3. The predicted molar refractivity (Wildman–Crippen MR) is 81.0 cm³/mol. The molecule has 4 nitrogen and oxygen atoms in total. The summed E-state index contributed by atoms with van der Waals surface area (Å²) in [6.07, 6.45) is 4.65. The molecule has 20 heavy (non-hydrogen) atoms. The molecule has 1 saturated heterocycles. The lowest BCUT2D eigenvalue weighted by Crippen LogP contribution is -2.32. The maximum atomic E-state index is 9.42. The summed E-state index contributed by atoms with van der Waals surface area (Å²) in [7, 11) is 0. The number of ether oxygens (including phenoxy) is 1. The largest absolute Gasteiger partial charge is 0.392 e. The fourth-order valence-electron chi connectivity index (χ4n) is 2.69. The summed E-state index contributed by atoms with van der Waals surface area (Å²) in [5.41, 5.74) is 2.02. The van der Waals surface area contributed by atoms with Crippen LogP contribution in [0.5, 0.6) is 0 Å². The van der Waals surface area contributed by atoms with E-state index >= 15 is 0 Å². The minimum absolute atomic E-state index is 0.0731. The average molecular weight is 278 g/mol. The molecule has 112 valence electrons. The molecule has 0 aliphatic carbocycles. The van der Waals surface area contributed by atoms with Crippen molar-refractivity contribution in [2.75, 3.05) is 24.6 Å². The fourth-order valence-corrected chi connectivity index (χ4v) is 2.69. The van der Waals surface area contributed by atoms with Gasteiger partial charge >= 0.3 is 0 Å². The number of hydrogen-bond acceptors (Lipinski definition) is 4. The molecule has 1 aliphatic heterocycles. The molecule has 0 bridgehead atoms. The fraction of sp³-hybridized carbons (Fsp3) is 0.688. The van der Waals surface area contributed by atoms with Crippen LogP contribution in [0.1, 0.15) is 44.4 Å². The van der Waals surface area contributed by atoms with Crippen LogP contribution in [0.25, 0.3) is 0 Å². The molecule has 1 fully saturated rings. The van der Waals surface area contributed by atoms with E-state index in [0.717, 1.165) is 62.5 Å². The van der Waals surface area contributed by atoms with Gasteiger partial charge in [0.2, 0.25) is 0 Å². The number of aryl methyl sites for hydroxylation is 1. The second-order valence-electron chi connectivity index (χ2n) is 5.41. The number of nitrogens with zero attached hydrogens (tertiary/aromatic N) is 2. The Morgan fingerprint density at radius 1 is 1.40 bits per heavy atom. The maximum Gasteiger partial charge on any atom is 0.129 e. The van der Waals surface area contributed by atoms with Gasteiger partial charge in [-0.2, -0.15) is 0 Å². The molecule has 0 saturated carbocycles. The van der Waals surface area contributed by atoms with Gasteiger partial charge in [0.25, 0.3) is 0 Å². The highest BCUT2D eigenvalue weighted by Gasteiger charge is 2.19. The van der Waals surface area contributed by atoms with E-state index in [2.05, 4.69) is 18.7 Å². The summed E-state index contributed by atoms with van der Waals surface area (Å²) in [5, 5.41) is 9.42. The molecule has 2 rings (SSSR count). The van der Waals surface area contributed by atoms with E-state index in [1.54, 1.807) is 0 Å². The molecule has 1 unspecified atom stereocenters. The van der Waals surface area contributed by atoms with E-state index in [0.29, 0.717) is 6.10 Å². The highest BCUT2D eigenvalue weighted by molar-refractivity contribution is 5.43. The van der Waals surface area contributed by atoms with Crippen LogP contribution < -0.4 is 4.90 Å².